The molecule has 17 heavy (non-hydrogen) atoms. The van der Waals surface area contributed by atoms with E-state index in [1.165, 1.54) is 0 Å². The van der Waals surface area contributed by atoms with Gasteiger partial charge in [-0.1, -0.05) is 43.5 Å². The molecule has 1 aromatic carbocycles. The lowest BCUT2D eigenvalue weighted by molar-refractivity contribution is 0.0908. The first kappa shape index (κ1) is 15.0. The number of rotatable bonds is 5. The van der Waals surface area contributed by atoms with Crippen molar-refractivity contribution in [1.29, 1.82) is 0 Å². The van der Waals surface area contributed by atoms with Crippen molar-refractivity contribution >= 4 is 49.4 Å². The van der Waals surface area contributed by atoms with Gasteiger partial charge in [0.1, 0.15) is 0 Å². The van der Waals surface area contributed by atoms with Gasteiger partial charge in [0.2, 0.25) is 0 Å². The number of alkyl halides is 1. The van der Waals surface area contributed by atoms with E-state index in [9.17, 15) is 4.79 Å². The maximum Gasteiger partial charge on any atom is 0.253 e. The maximum atomic E-state index is 12.0. The maximum absolute atomic E-state index is 12.0. The number of hydrogen-bond acceptors (Lipinski definition) is 2. The molecule has 1 unspecified atom stereocenters. The zero-order valence-electron chi connectivity index (χ0n) is 9.17. The Hall–Kier alpha value is -0.100. The molecule has 0 saturated heterocycles. The van der Waals surface area contributed by atoms with E-state index < -0.39 is 0 Å². The third-order valence-electron chi connectivity index (χ3n) is 2.06. The molecule has 0 aromatic heterocycles. The average Bonchev–Trinajstić information content (AvgIpc) is 2.31. The SMILES string of the molecule is COCC(CBr)NC(=O)c1cc(Br)ccc1Cl. The molecular weight excluding hydrogens is 373 g/mol. The quantitative estimate of drug-likeness (QED) is 0.791. The van der Waals surface area contributed by atoms with Crippen molar-refractivity contribution in [2.24, 2.45) is 0 Å². The van der Waals surface area contributed by atoms with Crippen LogP contribution in [0.4, 0.5) is 0 Å². The van der Waals surface area contributed by atoms with Crippen molar-refractivity contribution in [3.05, 3.63) is 33.3 Å². The van der Waals surface area contributed by atoms with Gasteiger partial charge in [-0.05, 0) is 18.2 Å². The van der Waals surface area contributed by atoms with E-state index in [-0.39, 0.29) is 11.9 Å². The molecule has 1 rings (SSSR count). The molecule has 3 nitrogen and oxygen atoms in total. The highest BCUT2D eigenvalue weighted by atomic mass is 79.9. The molecule has 1 atom stereocenters. The molecule has 1 aromatic rings. The zero-order valence-corrected chi connectivity index (χ0v) is 13.1. The summed E-state index contributed by atoms with van der Waals surface area (Å²) in [4.78, 5) is 12.0. The van der Waals surface area contributed by atoms with Crippen LogP contribution >= 0.6 is 43.5 Å². The van der Waals surface area contributed by atoms with E-state index in [0.717, 1.165) is 4.47 Å². The standard InChI is InChI=1S/C11H12Br2ClNO2/c1-17-6-8(5-12)15-11(16)9-4-7(13)2-3-10(9)14/h2-4,8H,5-6H2,1H3,(H,15,16). The van der Waals surface area contributed by atoms with Crippen LogP contribution in [0.5, 0.6) is 0 Å². The molecule has 0 fully saturated rings. The first-order valence-corrected chi connectivity index (χ1v) is 7.18. The van der Waals surface area contributed by atoms with Gasteiger partial charge in [-0.2, -0.15) is 0 Å². The van der Waals surface area contributed by atoms with Gasteiger partial charge in [0.05, 0.1) is 23.2 Å². The van der Waals surface area contributed by atoms with Gasteiger partial charge in [-0.25, -0.2) is 0 Å². The average molecular weight is 385 g/mol. The molecule has 0 radical (unpaired) electrons. The Morgan fingerprint density at radius 3 is 2.88 bits per heavy atom. The van der Waals surface area contributed by atoms with Crippen molar-refractivity contribution in [2.75, 3.05) is 19.0 Å². The molecule has 0 spiro atoms. The van der Waals surface area contributed by atoms with E-state index in [4.69, 9.17) is 16.3 Å². The lowest BCUT2D eigenvalue weighted by Gasteiger charge is -2.15. The largest absolute Gasteiger partial charge is 0.383 e. The molecule has 0 saturated carbocycles. The highest BCUT2D eigenvalue weighted by Crippen LogP contribution is 2.21. The van der Waals surface area contributed by atoms with Gasteiger partial charge in [-0.3, -0.25) is 4.79 Å². The minimum absolute atomic E-state index is 0.0810. The summed E-state index contributed by atoms with van der Waals surface area (Å²) in [6.45, 7) is 0.447. The number of carbonyl (C=O) groups excluding carboxylic acids is 1. The van der Waals surface area contributed by atoms with Gasteiger partial charge < -0.3 is 10.1 Å². The van der Waals surface area contributed by atoms with Crippen LogP contribution in [0.25, 0.3) is 0 Å². The molecule has 0 aliphatic rings. The summed E-state index contributed by atoms with van der Waals surface area (Å²) in [5.74, 6) is -0.210. The number of nitrogens with one attached hydrogen (secondary N) is 1. The van der Waals surface area contributed by atoms with Crippen molar-refractivity contribution in [3.63, 3.8) is 0 Å². The number of amides is 1. The summed E-state index contributed by atoms with van der Waals surface area (Å²) in [6.07, 6.45) is 0. The summed E-state index contributed by atoms with van der Waals surface area (Å²) in [5, 5.41) is 3.89. The first-order valence-electron chi connectivity index (χ1n) is 4.89. The van der Waals surface area contributed by atoms with Crippen LogP contribution in [0.15, 0.2) is 22.7 Å². The normalized spacial score (nSPS) is 12.2. The van der Waals surface area contributed by atoms with E-state index >= 15 is 0 Å². The van der Waals surface area contributed by atoms with Crippen LogP contribution in [0, 0.1) is 0 Å². The molecular formula is C11H12Br2ClNO2. The Balaban J connectivity index is 2.78. The Kier molecular flexibility index (Phi) is 6.48. The molecule has 0 heterocycles. The second kappa shape index (κ2) is 7.36. The lowest BCUT2D eigenvalue weighted by Crippen LogP contribution is -2.39. The number of carbonyl (C=O) groups is 1. The molecule has 0 aliphatic heterocycles. The van der Waals surface area contributed by atoms with Crippen LogP contribution in [0.3, 0.4) is 0 Å². The molecule has 1 amide bonds. The summed E-state index contributed by atoms with van der Waals surface area (Å²) in [6, 6.07) is 5.08. The minimum atomic E-state index is -0.210. The van der Waals surface area contributed by atoms with Crippen molar-refractivity contribution in [2.45, 2.75) is 6.04 Å². The molecule has 1 N–H and O–H groups in total. The van der Waals surface area contributed by atoms with Gasteiger partial charge >= 0.3 is 0 Å². The number of benzene rings is 1. The molecule has 94 valence electrons. The second-order valence-corrected chi connectivity index (χ2v) is 5.37. The van der Waals surface area contributed by atoms with Crippen LogP contribution in [0.2, 0.25) is 5.02 Å². The lowest BCUT2D eigenvalue weighted by atomic mass is 10.2. The number of ether oxygens (including phenoxy) is 1. The third-order valence-corrected chi connectivity index (χ3v) is 3.67. The monoisotopic (exact) mass is 383 g/mol. The molecule has 0 bridgehead atoms. The van der Waals surface area contributed by atoms with Crippen LogP contribution in [0.1, 0.15) is 10.4 Å². The minimum Gasteiger partial charge on any atom is -0.383 e. The summed E-state index contributed by atoms with van der Waals surface area (Å²) < 4.78 is 5.81. The van der Waals surface area contributed by atoms with Gasteiger partial charge in [0.25, 0.3) is 5.91 Å². The first-order chi connectivity index (χ1) is 8.08. The van der Waals surface area contributed by atoms with Crippen LogP contribution in [-0.2, 0) is 4.74 Å². The molecule has 6 heteroatoms. The number of methoxy groups -OCH3 is 1. The van der Waals surface area contributed by atoms with E-state index in [0.29, 0.717) is 22.5 Å². The summed E-state index contributed by atoms with van der Waals surface area (Å²) >= 11 is 12.6. The van der Waals surface area contributed by atoms with Gasteiger partial charge in [0, 0.05) is 16.9 Å². The van der Waals surface area contributed by atoms with Crippen LogP contribution in [-0.4, -0.2) is 31.0 Å². The second-order valence-electron chi connectivity index (χ2n) is 3.40. The fourth-order valence-electron chi connectivity index (χ4n) is 1.26. The van der Waals surface area contributed by atoms with Crippen molar-refractivity contribution in [1.82, 2.24) is 5.32 Å². The predicted molar refractivity (Wildman–Crippen MR) is 76.1 cm³/mol. The Bertz CT molecular complexity index is 401. The molecule has 0 aliphatic carbocycles. The highest BCUT2D eigenvalue weighted by molar-refractivity contribution is 9.10. The third kappa shape index (κ3) is 4.58. The zero-order chi connectivity index (χ0) is 12.8. The van der Waals surface area contributed by atoms with E-state index in [1.54, 1.807) is 25.3 Å². The Labute approximate surface area is 122 Å². The van der Waals surface area contributed by atoms with Crippen molar-refractivity contribution in [3.8, 4) is 0 Å². The van der Waals surface area contributed by atoms with E-state index in [2.05, 4.69) is 37.2 Å². The smallest absolute Gasteiger partial charge is 0.253 e. The predicted octanol–water partition coefficient (Wildman–Crippen LogP) is 3.24. The van der Waals surface area contributed by atoms with Crippen molar-refractivity contribution < 1.29 is 9.53 Å². The van der Waals surface area contributed by atoms with E-state index in [1.807, 2.05) is 0 Å². The summed E-state index contributed by atoms with van der Waals surface area (Å²) in [5.41, 5.74) is 0.447. The van der Waals surface area contributed by atoms with Gasteiger partial charge in [-0.15, -0.1) is 0 Å². The van der Waals surface area contributed by atoms with Crippen LogP contribution < -0.4 is 5.32 Å². The topological polar surface area (TPSA) is 38.3 Å². The highest BCUT2D eigenvalue weighted by Gasteiger charge is 2.15. The Morgan fingerprint density at radius 1 is 1.59 bits per heavy atom. The number of halogens is 3. The Morgan fingerprint density at radius 2 is 2.29 bits per heavy atom. The summed E-state index contributed by atoms with van der Waals surface area (Å²) in [7, 11) is 1.59. The van der Waals surface area contributed by atoms with Gasteiger partial charge in [0.15, 0.2) is 0 Å². The fourth-order valence-corrected chi connectivity index (χ4v) is 2.17. The fraction of sp³-hybridized carbons (Fsp3) is 0.364. The number of hydrogen-bond donors (Lipinski definition) is 1.